The van der Waals surface area contributed by atoms with Gasteiger partial charge in [-0.25, -0.2) is 0 Å². The van der Waals surface area contributed by atoms with Crippen LogP contribution in [0.3, 0.4) is 0 Å². The fraction of sp³-hybridized carbons (Fsp3) is 0.0909. The largest absolute Gasteiger partial charge is 0.388 e. The SMILES string of the molecule is CNc1ccc2ccccc2c1.[HH]. The number of anilines is 1. The van der Waals surface area contributed by atoms with Crippen LogP contribution in [0.15, 0.2) is 42.5 Å². The van der Waals surface area contributed by atoms with E-state index in [9.17, 15) is 0 Å². The van der Waals surface area contributed by atoms with Crippen molar-refractivity contribution in [1.29, 1.82) is 0 Å². The zero-order valence-corrected chi connectivity index (χ0v) is 7.04. The van der Waals surface area contributed by atoms with E-state index in [2.05, 4.69) is 47.8 Å². The third-order valence-corrected chi connectivity index (χ3v) is 2.04. The van der Waals surface area contributed by atoms with E-state index in [4.69, 9.17) is 0 Å². The Morgan fingerprint density at radius 2 is 1.75 bits per heavy atom. The quantitative estimate of drug-likeness (QED) is 0.674. The molecule has 0 aromatic heterocycles. The smallest absolute Gasteiger partial charge is 0.0343 e. The minimum absolute atomic E-state index is 0. The Labute approximate surface area is 73.5 Å². The molecule has 2 aromatic rings. The topological polar surface area (TPSA) is 12.0 Å². The van der Waals surface area contributed by atoms with Gasteiger partial charge >= 0.3 is 0 Å². The van der Waals surface area contributed by atoms with Crippen molar-refractivity contribution in [2.45, 2.75) is 0 Å². The number of rotatable bonds is 1. The lowest BCUT2D eigenvalue weighted by Gasteiger charge is -2.01. The molecule has 0 saturated carbocycles. The van der Waals surface area contributed by atoms with Crippen LogP contribution in [0, 0.1) is 0 Å². The number of nitrogens with one attached hydrogen (secondary N) is 1. The average molecular weight is 159 g/mol. The van der Waals surface area contributed by atoms with Gasteiger partial charge in [0.25, 0.3) is 0 Å². The summed E-state index contributed by atoms with van der Waals surface area (Å²) in [5, 5.41) is 5.69. The second-order valence-electron chi connectivity index (χ2n) is 2.81. The molecule has 1 N–H and O–H groups in total. The molecule has 0 aliphatic heterocycles. The maximum Gasteiger partial charge on any atom is 0.0343 e. The highest BCUT2D eigenvalue weighted by Gasteiger charge is 1.91. The van der Waals surface area contributed by atoms with Gasteiger partial charge in [-0.2, -0.15) is 0 Å². The van der Waals surface area contributed by atoms with E-state index in [0.29, 0.717) is 0 Å². The van der Waals surface area contributed by atoms with E-state index in [1.807, 2.05) is 7.05 Å². The molecular formula is C11H13N. The molecule has 2 rings (SSSR count). The summed E-state index contributed by atoms with van der Waals surface area (Å²) in [5.74, 6) is 0. The predicted octanol–water partition coefficient (Wildman–Crippen LogP) is 3.13. The fourth-order valence-electron chi connectivity index (χ4n) is 1.34. The van der Waals surface area contributed by atoms with Crippen LogP contribution in [0.25, 0.3) is 10.8 Å². The molecule has 0 spiro atoms. The van der Waals surface area contributed by atoms with Gasteiger partial charge in [-0.05, 0) is 22.9 Å². The normalized spacial score (nSPS) is 10.1. The molecule has 0 radical (unpaired) electrons. The Morgan fingerprint density at radius 3 is 2.50 bits per heavy atom. The number of benzene rings is 2. The zero-order valence-electron chi connectivity index (χ0n) is 7.04. The third-order valence-electron chi connectivity index (χ3n) is 2.04. The first-order valence-electron chi connectivity index (χ1n) is 4.07. The third kappa shape index (κ3) is 1.14. The van der Waals surface area contributed by atoms with E-state index in [0.717, 1.165) is 5.69 Å². The molecule has 0 atom stereocenters. The van der Waals surface area contributed by atoms with Gasteiger partial charge in [0.1, 0.15) is 0 Å². The van der Waals surface area contributed by atoms with Gasteiger partial charge < -0.3 is 5.32 Å². The molecule has 0 unspecified atom stereocenters. The van der Waals surface area contributed by atoms with Crippen molar-refractivity contribution in [1.82, 2.24) is 0 Å². The Morgan fingerprint density at radius 1 is 1.00 bits per heavy atom. The number of hydrogen-bond acceptors (Lipinski definition) is 1. The van der Waals surface area contributed by atoms with Crippen LogP contribution in [-0.2, 0) is 0 Å². The molecule has 62 valence electrons. The summed E-state index contributed by atoms with van der Waals surface area (Å²) in [6, 6.07) is 14.7. The summed E-state index contributed by atoms with van der Waals surface area (Å²) in [4.78, 5) is 0. The molecule has 0 fully saturated rings. The van der Waals surface area contributed by atoms with E-state index in [1.165, 1.54) is 10.8 Å². The van der Waals surface area contributed by atoms with E-state index in [1.54, 1.807) is 0 Å². The summed E-state index contributed by atoms with van der Waals surface area (Å²) in [6.07, 6.45) is 0. The van der Waals surface area contributed by atoms with Crippen LogP contribution < -0.4 is 5.32 Å². The van der Waals surface area contributed by atoms with E-state index >= 15 is 0 Å². The molecule has 0 heterocycles. The summed E-state index contributed by atoms with van der Waals surface area (Å²) in [7, 11) is 1.93. The number of fused-ring (bicyclic) bond motifs is 1. The van der Waals surface area contributed by atoms with E-state index < -0.39 is 0 Å². The summed E-state index contributed by atoms with van der Waals surface area (Å²) in [5.41, 5.74) is 1.16. The Kier molecular flexibility index (Phi) is 1.71. The van der Waals surface area contributed by atoms with Crippen molar-refractivity contribution in [3.63, 3.8) is 0 Å². The molecule has 0 bridgehead atoms. The Balaban J connectivity index is 0.000000845. The second kappa shape index (κ2) is 2.86. The first-order valence-corrected chi connectivity index (χ1v) is 4.07. The van der Waals surface area contributed by atoms with Crippen LogP contribution in [-0.4, -0.2) is 7.05 Å². The van der Waals surface area contributed by atoms with Gasteiger partial charge in [0.2, 0.25) is 0 Å². The molecule has 0 amide bonds. The zero-order chi connectivity index (χ0) is 8.39. The molecular weight excluding hydrogens is 146 g/mol. The molecule has 12 heavy (non-hydrogen) atoms. The van der Waals surface area contributed by atoms with Crippen molar-refractivity contribution >= 4 is 16.5 Å². The maximum absolute atomic E-state index is 3.12. The highest BCUT2D eigenvalue weighted by Crippen LogP contribution is 2.17. The van der Waals surface area contributed by atoms with Crippen molar-refractivity contribution in [2.75, 3.05) is 12.4 Å². The summed E-state index contributed by atoms with van der Waals surface area (Å²) < 4.78 is 0. The summed E-state index contributed by atoms with van der Waals surface area (Å²) in [6.45, 7) is 0. The number of hydrogen-bond donors (Lipinski definition) is 1. The average Bonchev–Trinajstić information content (AvgIpc) is 2.17. The first-order chi connectivity index (χ1) is 5.90. The monoisotopic (exact) mass is 159 g/mol. The van der Waals surface area contributed by atoms with Gasteiger partial charge in [-0.1, -0.05) is 30.3 Å². The minimum Gasteiger partial charge on any atom is -0.388 e. The first kappa shape index (κ1) is 7.17. The molecule has 0 aliphatic rings. The highest BCUT2D eigenvalue weighted by atomic mass is 14.8. The van der Waals surface area contributed by atoms with Crippen LogP contribution >= 0.6 is 0 Å². The van der Waals surface area contributed by atoms with Crippen LogP contribution in [0.5, 0.6) is 0 Å². The maximum atomic E-state index is 3.12. The molecule has 2 aromatic carbocycles. The molecule has 1 nitrogen and oxygen atoms in total. The Hall–Kier alpha value is -1.50. The van der Waals surface area contributed by atoms with Gasteiger partial charge in [-0.15, -0.1) is 0 Å². The predicted molar refractivity (Wildman–Crippen MR) is 55.6 cm³/mol. The highest BCUT2D eigenvalue weighted by molar-refractivity contribution is 5.85. The van der Waals surface area contributed by atoms with Gasteiger partial charge in [0, 0.05) is 14.2 Å². The standard InChI is InChI=1S/C11H11N.H2/c1-12-11-7-6-9-4-2-3-5-10(9)8-11;/h2-8,12H,1H3;1H. The molecule has 0 aliphatic carbocycles. The van der Waals surface area contributed by atoms with Gasteiger partial charge in [0.05, 0.1) is 0 Å². The fourth-order valence-corrected chi connectivity index (χ4v) is 1.34. The molecule has 0 saturated heterocycles. The van der Waals surface area contributed by atoms with Crippen LogP contribution in [0.2, 0.25) is 0 Å². The van der Waals surface area contributed by atoms with E-state index in [-0.39, 0.29) is 1.43 Å². The lowest BCUT2D eigenvalue weighted by molar-refractivity contribution is 1.53. The second-order valence-corrected chi connectivity index (χ2v) is 2.81. The van der Waals surface area contributed by atoms with Gasteiger partial charge in [-0.3, -0.25) is 0 Å². The van der Waals surface area contributed by atoms with Crippen molar-refractivity contribution in [3.8, 4) is 0 Å². The van der Waals surface area contributed by atoms with Crippen molar-refractivity contribution < 1.29 is 1.43 Å². The Bertz CT molecular complexity index is 398. The van der Waals surface area contributed by atoms with Crippen LogP contribution in [0.4, 0.5) is 5.69 Å². The van der Waals surface area contributed by atoms with Crippen molar-refractivity contribution in [3.05, 3.63) is 42.5 Å². The van der Waals surface area contributed by atoms with Crippen LogP contribution in [0.1, 0.15) is 1.43 Å². The lowest BCUT2D eigenvalue weighted by Crippen LogP contribution is -1.86. The lowest BCUT2D eigenvalue weighted by atomic mass is 10.1. The minimum atomic E-state index is 0. The van der Waals surface area contributed by atoms with Gasteiger partial charge in [0.15, 0.2) is 0 Å². The molecule has 1 heteroatoms. The van der Waals surface area contributed by atoms with Crippen molar-refractivity contribution in [2.24, 2.45) is 0 Å². The summed E-state index contributed by atoms with van der Waals surface area (Å²) >= 11 is 0.